The molecule has 0 atom stereocenters. The summed E-state index contributed by atoms with van der Waals surface area (Å²) in [5, 5.41) is 9.98. The maximum absolute atomic E-state index is 12.6. The van der Waals surface area contributed by atoms with E-state index >= 15 is 0 Å². The summed E-state index contributed by atoms with van der Waals surface area (Å²) in [6.45, 7) is 4.05. The van der Waals surface area contributed by atoms with Crippen LogP contribution in [0.5, 0.6) is 11.5 Å². The number of hydrogen-bond acceptors (Lipinski definition) is 4. The first-order valence-corrected chi connectivity index (χ1v) is 8.06. The normalized spacial score (nSPS) is 10.7. The van der Waals surface area contributed by atoms with Gasteiger partial charge >= 0.3 is 0 Å². The predicted octanol–water partition coefficient (Wildman–Crippen LogP) is 4.68. The van der Waals surface area contributed by atoms with E-state index in [0.29, 0.717) is 28.9 Å². The Morgan fingerprint density at radius 2 is 1.88 bits per heavy atom. The van der Waals surface area contributed by atoms with Crippen molar-refractivity contribution in [3.63, 3.8) is 0 Å². The summed E-state index contributed by atoms with van der Waals surface area (Å²) in [6, 6.07) is 11.6. The van der Waals surface area contributed by atoms with Crippen molar-refractivity contribution in [1.29, 1.82) is 0 Å². The number of fused-ring (bicyclic) bond motifs is 1. The van der Waals surface area contributed by atoms with Gasteiger partial charge in [0.25, 0.3) is 0 Å². The molecule has 25 heavy (non-hydrogen) atoms. The standard InChI is InChI=1S/C21H20O4/c1-13(2)4-9-17-19(24-3)11-10-16-18(23)12-20(25-21(16)17)14-5-7-15(22)8-6-14/h4-8,10-12,22H,9H2,1-3H3. The second-order valence-electron chi connectivity index (χ2n) is 6.13. The van der Waals surface area contributed by atoms with E-state index in [1.54, 1.807) is 43.5 Å². The Hall–Kier alpha value is -3.01. The zero-order valence-corrected chi connectivity index (χ0v) is 14.5. The molecular weight excluding hydrogens is 316 g/mol. The fourth-order valence-electron chi connectivity index (χ4n) is 2.72. The summed E-state index contributed by atoms with van der Waals surface area (Å²) >= 11 is 0. The summed E-state index contributed by atoms with van der Waals surface area (Å²) < 4.78 is 11.5. The second-order valence-corrected chi connectivity index (χ2v) is 6.13. The average Bonchev–Trinajstić information content (AvgIpc) is 2.60. The highest BCUT2D eigenvalue weighted by Crippen LogP contribution is 2.31. The van der Waals surface area contributed by atoms with Crippen LogP contribution in [0.15, 0.2) is 63.3 Å². The molecular formula is C21H20O4. The van der Waals surface area contributed by atoms with Gasteiger partial charge in [0, 0.05) is 17.2 Å². The van der Waals surface area contributed by atoms with E-state index in [1.807, 2.05) is 13.8 Å². The molecule has 0 saturated heterocycles. The molecule has 1 aromatic heterocycles. The number of rotatable bonds is 4. The number of allylic oxidation sites excluding steroid dienone is 2. The predicted molar refractivity (Wildman–Crippen MR) is 99.3 cm³/mol. The molecule has 1 N–H and O–H groups in total. The highest BCUT2D eigenvalue weighted by molar-refractivity contribution is 5.84. The molecule has 0 aliphatic rings. The molecule has 128 valence electrons. The van der Waals surface area contributed by atoms with Crippen LogP contribution >= 0.6 is 0 Å². The summed E-state index contributed by atoms with van der Waals surface area (Å²) in [6.07, 6.45) is 2.69. The van der Waals surface area contributed by atoms with E-state index in [-0.39, 0.29) is 11.2 Å². The van der Waals surface area contributed by atoms with Crippen LogP contribution in [0, 0.1) is 0 Å². The van der Waals surface area contributed by atoms with Gasteiger partial charge in [-0.3, -0.25) is 4.79 Å². The third-order valence-electron chi connectivity index (χ3n) is 4.04. The maximum atomic E-state index is 12.6. The Morgan fingerprint density at radius 1 is 1.16 bits per heavy atom. The summed E-state index contributed by atoms with van der Waals surface area (Å²) in [5.74, 6) is 1.32. The van der Waals surface area contributed by atoms with E-state index in [9.17, 15) is 9.90 Å². The number of aromatic hydroxyl groups is 1. The maximum Gasteiger partial charge on any atom is 0.193 e. The van der Waals surface area contributed by atoms with Gasteiger partial charge in [0.05, 0.1) is 12.5 Å². The van der Waals surface area contributed by atoms with E-state index in [2.05, 4.69) is 6.08 Å². The minimum atomic E-state index is -0.106. The van der Waals surface area contributed by atoms with Crippen LogP contribution in [0.1, 0.15) is 19.4 Å². The minimum Gasteiger partial charge on any atom is -0.508 e. The molecule has 1 heterocycles. The average molecular weight is 336 g/mol. The van der Waals surface area contributed by atoms with Crippen molar-refractivity contribution in [2.75, 3.05) is 7.11 Å². The van der Waals surface area contributed by atoms with Gasteiger partial charge in [0.1, 0.15) is 22.8 Å². The van der Waals surface area contributed by atoms with E-state index < -0.39 is 0 Å². The third kappa shape index (κ3) is 3.43. The lowest BCUT2D eigenvalue weighted by Crippen LogP contribution is -2.03. The third-order valence-corrected chi connectivity index (χ3v) is 4.04. The molecule has 0 bridgehead atoms. The number of hydrogen-bond donors (Lipinski definition) is 1. The van der Waals surface area contributed by atoms with Gasteiger partial charge in [-0.05, 0) is 56.7 Å². The van der Waals surface area contributed by atoms with Crippen LogP contribution < -0.4 is 10.2 Å². The monoisotopic (exact) mass is 336 g/mol. The van der Waals surface area contributed by atoms with Crippen LogP contribution in [0.3, 0.4) is 0 Å². The number of phenols is 1. The van der Waals surface area contributed by atoms with Gasteiger partial charge in [-0.1, -0.05) is 11.6 Å². The Morgan fingerprint density at radius 3 is 2.52 bits per heavy atom. The molecule has 4 nitrogen and oxygen atoms in total. The summed E-state index contributed by atoms with van der Waals surface area (Å²) in [4.78, 5) is 12.6. The zero-order valence-electron chi connectivity index (χ0n) is 14.5. The fraction of sp³-hybridized carbons (Fsp3) is 0.190. The highest BCUT2D eigenvalue weighted by Gasteiger charge is 2.14. The molecule has 0 saturated carbocycles. The van der Waals surface area contributed by atoms with Crippen LogP contribution in [-0.2, 0) is 6.42 Å². The van der Waals surface area contributed by atoms with E-state index in [4.69, 9.17) is 9.15 Å². The smallest absolute Gasteiger partial charge is 0.193 e. The molecule has 0 fully saturated rings. The van der Waals surface area contributed by atoms with Crippen LogP contribution in [-0.4, -0.2) is 12.2 Å². The lowest BCUT2D eigenvalue weighted by Gasteiger charge is -2.11. The molecule has 3 aromatic rings. The largest absolute Gasteiger partial charge is 0.508 e. The van der Waals surface area contributed by atoms with Crippen LogP contribution in [0.2, 0.25) is 0 Å². The summed E-state index contributed by atoms with van der Waals surface area (Å²) in [7, 11) is 1.61. The van der Waals surface area contributed by atoms with E-state index in [1.165, 1.54) is 11.6 Å². The number of ether oxygens (including phenoxy) is 1. The fourth-order valence-corrected chi connectivity index (χ4v) is 2.72. The van der Waals surface area contributed by atoms with Crippen molar-refractivity contribution < 1.29 is 14.3 Å². The molecule has 0 unspecified atom stereocenters. The zero-order chi connectivity index (χ0) is 18.0. The topological polar surface area (TPSA) is 59.7 Å². The molecule has 3 rings (SSSR count). The quantitative estimate of drug-likeness (QED) is 0.703. The van der Waals surface area contributed by atoms with Gasteiger partial charge < -0.3 is 14.3 Å². The van der Waals surface area contributed by atoms with Crippen LogP contribution in [0.25, 0.3) is 22.3 Å². The Balaban J connectivity index is 2.26. The van der Waals surface area contributed by atoms with Crippen molar-refractivity contribution in [1.82, 2.24) is 0 Å². The second kappa shape index (κ2) is 6.85. The lowest BCUT2D eigenvalue weighted by molar-refractivity contribution is 0.410. The number of benzene rings is 2. The first-order chi connectivity index (χ1) is 12.0. The van der Waals surface area contributed by atoms with Gasteiger partial charge in [0.2, 0.25) is 0 Å². The van der Waals surface area contributed by atoms with Crippen molar-refractivity contribution in [3.05, 3.63) is 69.9 Å². The lowest BCUT2D eigenvalue weighted by atomic mass is 10.0. The van der Waals surface area contributed by atoms with Crippen LogP contribution in [0.4, 0.5) is 0 Å². The molecule has 0 aliphatic heterocycles. The first kappa shape index (κ1) is 16.8. The molecule has 0 radical (unpaired) electrons. The van der Waals surface area contributed by atoms with Crippen molar-refractivity contribution >= 4 is 11.0 Å². The van der Waals surface area contributed by atoms with Gasteiger partial charge in [-0.15, -0.1) is 0 Å². The van der Waals surface area contributed by atoms with Gasteiger partial charge in [0.15, 0.2) is 5.43 Å². The molecule has 0 amide bonds. The molecule has 2 aromatic carbocycles. The minimum absolute atomic E-state index is 0.106. The number of phenolic OH excluding ortho intramolecular Hbond substituents is 1. The Labute approximate surface area is 146 Å². The van der Waals surface area contributed by atoms with Gasteiger partial charge in [-0.25, -0.2) is 0 Å². The highest BCUT2D eigenvalue weighted by atomic mass is 16.5. The van der Waals surface area contributed by atoms with Crippen molar-refractivity contribution in [2.45, 2.75) is 20.3 Å². The molecule has 4 heteroatoms. The number of methoxy groups -OCH3 is 1. The Kier molecular flexibility index (Phi) is 4.61. The van der Waals surface area contributed by atoms with Crippen molar-refractivity contribution in [3.8, 4) is 22.8 Å². The van der Waals surface area contributed by atoms with Gasteiger partial charge in [-0.2, -0.15) is 0 Å². The molecule has 0 spiro atoms. The summed E-state index contributed by atoms with van der Waals surface area (Å²) in [5.41, 5.74) is 3.18. The molecule has 0 aliphatic carbocycles. The van der Waals surface area contributed by atoms with Crippen molar-refractivity contribution in [2.24, 2.45) is 0 Å². The SMILES string of the molecule is COc1ccc2c(=O)cc(-c3ccc(O)cc3)oc2c1CC=C(C)C. The Bertz CT molecular complexity index is 991. The first-order valence-electron chi connectivity index (χ1n) is 8.06. The van der Waals surface area contributed by atoms with E-state index in [0.717, 1.165) is 11.1 Å².